The van der Waals surface area contributed by atoms with E-state index in [4.69, 9.17) is 11.6 Å². The number of rotatable bonds is 2. The van der Waals surface area contributed by atoms with Gasteiger partial charge in [-0.05, 0) is 23.4 Å². The number of alkyl halides is 1. The summed E-state index contributed by atoms with van der Waals surface area (Å²) in [4.78, 5) is 1.10. The zero-order chi connectivity index (χ0) is 8.43. The van der Waals surface area contributed by atoms with Crippen LogP contribution in [0.5, 0.6) is 0 Å². The van der Waals surface area contributed by atoms with Crippen LogP contribution in [0.25, 0.3) is 5.57 Å². The summed E-state index contributed by atoms with van der Waals surface area (Å²) >= 11 is 11.0. The SMILES string of the molecule is C=C(CBr)c1scc(C)c1Cl. The Balaban J connectivity index is 3.04. The molecule has 3 heteroatoms. The van der Waals surface area contributed by atoms with Crippen molar-refractivity contribution in [2.75, 3.05) is 5.33 Å². The quantitative estimate of drug-likeness (QED) is 0.694. The average molecular weight is 252 g/mol. The average Bonchev–Trinajstić information content (AvgIpc) is 2.32. The molecule has 0 saturated carbocycles. The maximum absolute atomic E-state index is 6.01. The number of aryl methyl sites for hydroxylation is 1. The van der Waals surface area contributed by atoms with Crippen molar-refractivity contribution in [1.82, 2.24) is 0 Å². The highest BCUT2D eigenvalue weighted by atomic mass is 79.9. The summed E-state index contributed by atoms with van der Waals surface area (Å²) in [5.74, 6) is 0. The molecule has 0 aliphatic rings. The molecule has 1 heterocycles. The number of hydrogen-bond acceptors (Lipinski definition) is 1. The van der Waals surface area contributed by atoms with Gasteiger partial charge in [0.25, 0.3) is 0 Å². The van der Waals surface area contributed by atoms with Crippen LogP contribution in [0.15, 0.2) is 12.0 Å². The standard InChI is InChI=1S/C8H8BrClS/c1-5(3-9)8-7(10)6(2)4-11-8/h4H,1,3H2,2H3. The second kappa shape index (κ2) is 3.74. The van der Waals surface area contributed by atoms with Crippen molar-refractivity contribution in [2.45, 2.75) is 6.92 Å². The molecule has 0 atom stereocenters. The van der Waals surface area contributed by atoms with Crippen molar-refractivity contribution in [2.24, 2.45) is 0 Å². The van der Waals surface area contributed by atoms with Crippen LogP contribution in [0.2, 0.25) is 5.02 Å². The fourth-order valence-corrected chi connectivity index (χ4v) is 2.50. The van der Waals surface area contributed by atoms with E-state index in [9.17, 15) is 0 Å². The maximum atomic E-state index is 6.01. The molecule has 0 aliphatic heterocycles. The van der Waals surface area contributed by atoms with Crippen molar-refractivity contribution < 1.29 is 0 Å². The zero-order valence-corrected chi connectivity index (χ0v) is 9.31. The summed E-state index contributed by atoms with van der Waals surface area (Å²) < 4.78 is 0. The van der Waals surface area contributed by atoms with Crippen LogP contribution < -0.4 is 0 Å². The Morgan fingerprint density at radius 1 is 1.82 bits per heavy atom. The number of thiophene rings is 1. The molecular weight excluding hydrogens is 244 g/mol. The summed E-state index contributed by atoms with van der Waals surface area (Å²) in [5, 5.41) is 3.68. The van der Waals surface area contributed by atoms with E-state index < -0.39 is 0 Å². The first-order valence-electron chi connectivity index (χ1n) is 3.14. The first-order valence-corrected chi connectivity index (χ1v) is 5.52. The first kappa shape index (κ1) is 9.30. The third kappa shape index (κ3) is 1.86. The molecule has 0 saturated heterocycles. The van der Waals surface area contributed by atoms with Gasteiger partial charge < -0.3 is 0 Å². The fourth-order valence-electron chi connectivity index (χ4n) is 0.729. The molecule has 60 valence electrons. The molecular formula is C8H8BrClS. The lowest BCUT2D eigenvalue weighted by molar-refractivity contribution is 1.54. The largest absolute Gasteiger partial charge is 0.142 e. The van der Waals surface area contributed by atoms with Gasteiger partial charge in [-0.3, -0.25) is 0 Å². The van der Waals surface area contributed by atoms with Crippen LogP contribution >= 0.6 is 38.9 Å². The van der Waals surface area contributed by atoms with Crippen molar-refractivity contribution in [3.63, 3.8) is 0 Å². The smallest absolute Gasteiger partial charge is 0.0618 e. The molecule has 1 aromatic rings. The van der Waals surface area contributed by atoms with Gasteiger partial charge in [-0.1, -0.05) is 34.1 Å². The van der Waals surface area contributed by atoms with Gasteiger partial charge in [0.05, 0.1) is 5.02 Å². The van der Waals surface area contributed by atoms with Crippen molar-refractivity contribution in [3.05, 3.63) is 27.4 Å². The Labute approximate surface area is 84.0 Å². The molecule has 0 spiro atoms. The summed E-state index contributed by atoms with van der Waals surface area (Å²) in [5.41, 5.74) is 2.18. The molecule has 1 rings (SSSR count). The predicted octanol–water partition coefficient (Wildman–Crippen LogP) is 4.12. The summed E-state index contributed by atoms with van der Waals surface area (Å²) in [6, 6.07) is 0. The molecule has 0 amide bonds. The van der Waals surface area contributed by atoms with Gasteiger partial charge in [0, 0.05) is 10.2 Å². The minimum atomic E-state index is 0.784. The van der Waals surface area contributed by atoms with Crippen LogP contribution in [0, 0.1) is 6.92 Å². The van der Waals surface area contributed by atoms with E-state index in [1.54, 1.807) is 11.3 Å². The third-order valence-corrected chi connectivity index (χ3v) is 3.86. The number of halogens is 2. The lowest BCUT2D eigenvalue weighted by Crippen LogP contribution is -1.78. The van der Waals surface area contributed by atoms with Crippen LogP contribution in [0.3, 0.4) is 0 Å². The van der Waals surface area contributed by atoms with E-state index in [-0.39, 0.29) is 0 Å². The Kier molecular flexibility index (Phi) is 3.16. The molecule has 0 radical (unpaired) electrons. The second-order valence-corrected chi connectivity index (χ2v) is 4.12. The monoisotopic (exact) mass is 250 g/mol. The highest BCUT2D eigenvalue weighted by molar-refractivity contribution is 9.09. The van der Waals surface area contributed by atoms with Gasteiger partial charge in [-0.15, -0.1) is 11.3 Å². The predicted molar refractivity (Wildman–Crippen MR) is 56.9 cm³/mol. The molecule has 1 aromatic heterocycles. The van der Waals surface area contributed by atoms with E-state index in [0.717, 1.165) is 26.4 Å². The minimum Gasteiger partial charge on any atom is -0.142 e. The highest BCUT2D eigenvalue weighted by Crippen LogP contribution is 2.32. The lowest BCUT2D eigenvalue weighted by Gasteiger charge is -1.97. The van der Waals surface area contributed by atoms with Gasteiger partial charge in [0.15, 0.2) is 0 Å². The van der Waals surface area contributed by atoms with Crippen LogP contribution in [-0.4, -0.2) is 5.33 Å². The van der Waals surface area contributed by atoms with Gasteiger partial charge in [-0.2, -0.15) is 0 Å². The fraction of sp³-hybridized carbons (Fsp3) is 0.250. The van der Waals surface area contributed by atoms with E-state index in [0.29, 0.717) is 0 Å². The molecule has 0 aromatic carbocycles. The summed E-state index contributed by atoms with van der Waals surface area (Å²) in [7, 11) is 0. The van der Waals surface area contributed by atoms with Crippen molar-refractivity contribution >= 4 is 44.4 Å². The molecule has 0 fully saturated rings. The Hall–Kier alpha value is 0.210. The van der Waals surface area contributed by atoms with Gasteiger partial charge >= 0.3 is 0 Å². The van der Waals surface area contributed by atoms with Crippen LogP contribution in [0.4, 0.5) is 0 Å². The van der Waals surface area contributed by atoms with Crippen molar-refractivity contribution in [1.29, 1.82) is 0 Å². The Morgan fingerprint density at radius 2 is 2.45 bits per heavy atom. The molecule has 0 unspecified atom stereocenters. The topological polar surface area (TPSA) is 0 Å². The molecule has 11 heavy (non-hydrogen) atoms. The number of hydrogen-bond donors (Lipinski definition) is 0. The Bertz CT molecular complexity index is 278. The first-order chi connectivity index (χ1) is 5.16. The molecule has 0 nitrogen and oxygen atoms in total. The maximum Gasteiger partial charge on any atom is 0.0618 e. The highest BCUT2D eigenvalue weighted by Gasteiger charge is 2.07. The third-order valence-electron chi connectivity index (χ3n) is 1.38. The zero-order valence-electron chi connectivity index (χ0n) is 6.16. The molecule has 0 aliphatic carbocycles. The second-order valence-electron chi connectivity index (χ2n) is 2.30. The van der Waals surface area contributed by atoms with Crippen LogP contribution in [-0.2, 0) is 0 Å². The van der Waals surface area contributed by atoms with Crippen molar-refractivity contribution in [3.8, 4) is 0 Å². The molecule has 0 N–H and O–H groups in total. The summed E-state index contributed by atoms with van der Waals surface area (Å²) in [6.45, 7) is 5.90. The van der Waals surface area contributed by atoms with Crippen LogP contribution in [0.1, 0.15) is 10.4 Å². The van der Waals surface area contributed by atoms with Gasteiger partial charge in [0.2, 0.25) is 0 Å². The normalized spacial score (nSPS) is 10.1. The lowest BCUT2D eigenvalue weighted by atomic mass is 10.2. The Morgan fingerprint density at radius 3 is 2.82 bits per heavy atom. The van der Waals surface area contributed by atoms with E-state index in [1.165, 1.54) is 0 Å². The van der Waals surface area contributed by atoms with Gasteiger partial charge in [-0.25, -0.2) is 0 Å². The van der Waals surface area contributed by atoms with E-state index in [1.807, 2.05) is 12.3 Å². The number of allylic oxidation sites excluding steroid dienone is 1. The molecule has 0 bridgehead atoms. The minimum absolute atomic E-state index is 0.784. The van der Waals surface area contributed by atoms with Gasteiger partial charge in [0.1, 0.15) is 0 Å². The van der Waals surface area contributed by atoms with E-state index >= 15 is 0 Å². The van der Waals surface area contributed by atoms with E-state index in [2.05, 4.69) is 22.5 Å². The summed E-state index contributed by atoms with van der Waals surface area (Å²) in [6.07, 6.45) is 0.